The van der Waals surface area contributed by atoms with Crippen LogP contribution in [0.25, 0.3) is 11.0 Å². The van der Waals surface area contributed by atoms with E-state index in [0.717, 1.165) is 29.2 Å². The topological polar surface area (TPSA) is 80.2 Å². The minimum atomic E-state index is 0.0278. The van der Waals surface area contributed by atoms with E-state index in [1.165, 1.54) is 6.33 Å². The molecule has 0 saturated carbocycles. The molecule has 1 N–H and O–H groups in total. The van der Waals surface area contributed by atoms with Crippen LogP contribution in [0.2, 0.25) is 0 Å². The molecular weight excluding hydrogens is 270 g/mol. The molecule has 0 atom stereocenters. The summed E-state index contributed by atoms with van der Waals surface area (Å²) in [5.41, 5.74) is 0.729. The second kappa shape index (κ2) is 5.92. The van der Waals surface area contributed by atoms with E-state index in [2.05, 4.69) is 26.9 Å². The quantitative estimate of drug-likeness (QED) is 0.739. The molecule has 0 aliphatic rings. The van der Waals surface area contributed by atoms with Crippen LogP contribution < -0.4 is 4.90 Å². The number of aliphatic hydroxyl groups excluding tert-OH is 1. The van der Waals surface area contributed by atoms with Crippen LogP contribution in [0, 0.1) is 0 Å². The summed E-state index contributed by atoms with van der Waals surface area (Å²) in [6.07, 6.45) is 4.93. The zero-order valence-electron chi connectivity index (χ0n) is 11.8. The van der Waals surface area contributed by atoms with Crippen molar-refractivity contribution in [3.05, 3.63) is 36.7 Å². The molecule has 3 aromatic heterocycles. The third kappa shape index (κ3) is 2.59. The highest BCUT2D eigenvalue weighted by atomic mass is 16.3. The first-order chi connectivity index (χ1) is 10.3. The van der Waals surface area contributed by atoms with Crippen molar-refractivity contribution in [2.75, 3.05) is 18.1 Å². The largest absolute Gasteiger partial charge is 0.467 e. The van der Waals surface area contributed by atoms with Gasteiger partial charge in [-0.2, -0.15) is 5.10 Å². The molecule has 0 aromatic carbocycles. The number of rotatable bonds is 6. The fraction of sp³-hybridized carbons (Fsp3) is 0.357. The lowest BCUT2D eigenvalue weighted by Crippen LogP contribution is -2.23. The summed E-state index contributed by atoms with van der Waals surface area (Å²) in [4.78, 5) is 10.8. The molecule has 0 bridgehead atoms. The molecule has 3 rings (SSSR count). The van der Waals surface area contributed by atoms with Crippen LogP contribution in [0.15, 0.2) is 35.3 Å². The molecule has 0 fully saturated rings. The average Bonchev–Trinajstić information content (AvgIpc) is 3.15. The van der Waals surface area contributed by atoms with Crippen LogP contribution >= 0.6 is 0 Å². The molecule has 3 heterocycles. The SMILES string of the molecule is CCN(Cc1ccco1)c1ncnc2c1cnn2CCO. The Balaban J connectivity index is 1.98. The third-order valence-electron chi connectivity index (χ3n) is 3.33. The lowest BCUT2D eigenvalue weighted by molar-refractivity contribution is 0.271. The van der Waals surface area contributed by atoms with Crippen molar-refractivity contribution >= 4 is 16.9 Å². The van der Waals surface area contributed by atoms with E-state index < -0.39 is 0 Å². The number of nitrogens with zero attached hydrogens (tertiary/aromatic N) is 5. The van der Waals surface area contributed by atoms with E-state index in [1.54, 1.807) is 17.1 Å². The molecule has 0 saturated heterocycles. The van der Waals surface area contributed by atoms with Crippen molar-refractivity contribution < 1.29 is 9.52 Å². The fourth-order valence-electron chi connectivity index (χ4n) is 2.32. The molecule has 0 aliphatic heterocycles. The Morgan fingerprint density at radius 2 is 2.29 bits per heavy atom. The number of fused-ring (bicyclic) bond motifs is 1. The number of furan rings is 1. The van der Waals surface area contributed by atoms with Gasteiger partial charge >= 0.3 is 0 Å². The Hall–Kier alpha value is -2.41. The minimum Gasteiger partial charge on any atom is -0.467 e. The number of hydrogen-bond donors (Lipinski definition) is 1. The lowest BCUT2D eigenvalue weighted by atomic mass is 10.3. The Kier molecular flexibility index (Phi) is 3.83. The first-order valence-corrected chi connectivity index (χ1v) is 6.88. The zero-order chi connectivity index (χ0) is 14.7. The van der Waals surface area contributed by atoms with Crippen LogP contribution in [0.3, 0.4) is 0 Å². The minimum absolute atomic E-state index is 0.0278. The molecule has 7 heteroatoms. The normalized spacial score (nSPS) is 11.1. The Labute approximate surface area is 121 Å². The summed E-state index contributed by atoms with van der Waals surface area (Å²) < 4.78 is 7.09. The molecular formula is C14H17N5O2. The van der Waals surface area contributed by atoms with E-state index in [9.17, 15) is 0 Å². The average molecular weight is 287 g/mol. The maximum Gasteiger partial charge on any atom is 0.163 e. The molecule has 110 valence electrons. The van der Waals surface area contributed by atoms with Gasteiger partial charge in [0.1, 0.15) is 17.9 Å². The Bertz CT molecular complexity index is 707. The van der Waals surface area contributed by atoms with E-state index >= 15 is 0 Å². The summed E-state index contributed by atoms with van der Waals surface area (Å²) in [6.45, 7) is 3.94. The Morgan fingerprint density at radius 1 is 1.38 bits per heavy atom. The van der Waals surface area contributed by atoms with Gasteiger partial charge in [0.25, 0.3) is 0 Å². The van der Waals surface area contributed by atoms with Crippen molar-refractivity contribution in [3.8, 4) is 0 Å². The number of hydrogen-bond acceptors (Lipinski definition) is 6. The highest BCUT2D eigenvalue weighted by molar-refractivity contribution is 5.86. The van der Waals surface area contributed by atoms with E-state index in [1.807, 2.05) is 12.1 Å². The van der Waals surface area contributed by atoms with Crippen LogP contribution in [-0.4, -0.2) is 38.0 Å². The molecule has 0 amide bonds. The van der Waals surface area contributed by atoms with Gasteiger partial charge < -0.3 is 14.4 Å². The van der Waals surface area contributed by atoms with Gasteiger partial charge in [0, 0.05) is 6.54 Å². The number of aliphatic hydroxyl groups is 1. The molecule has 3 aromatic rings. The van der Waals surface area contributed by atoms with Crippen LogP contribution in [0.1, 0.15) is 12.7 Å². The van der Waals surface area contributed by atoms with Crippen molar-refractivity contribution in [1.82, 2.24) is 19.7 Å². The highest BCUT2D eigenvalue weighted by Crippen LogP contribution is 2.24. The monoisotopic (exact) mass is 287 g/mol. The van der Waals surface area contributed by atoms with Gasteiger partial charge in [-0.15, -0.1) is 0 Å². The first kappa shape index (κ1) is 13.6. The molecule has 21 heavy (non-hydrogen) atoms. The molecule has 0 spiro atoms. The maximum atomic E-state index is 9.07. The summed E-state index contributed by atoms with van der Waals surface area (Å²) in [5, 5.41) is 14.2. The third-order valence-corrected chi connectivity index (χ3v) is 3.33. The van der Waals surface area contributed by atoms with E-state index in [4.69, 9.17) is 9.52 Å². The fourth-order valence-corrected chi connectivity index (χ4v) is 2.32. The smallest absolute Gasteiger partial charge is 0.163 e. The van der Waals surface area contributed by atoms with E-state index in [-0.39, 0.29) is 6.61 Å². The maximum absolute atomic E-state index is 9.07. The summed E-state index contributed by atoms with van der Waals surface area (Å²) in [6, 6.07) is 3.81. The standard InChI is InChI=1S/C14H17N5O2/c1-2-18(9-11-4-3-7-21-11)13-12-8-17-19(5-6-20)14(12)16-10-15-13/h3-4,7-8,10,20H,2,5-6,9H2,1H3. The van der Waals surface area contributed by atoms with Crippen LogP contribution in [0.4, 0.5) is 5.82 Å². The van der Waals surface area contributed by atoms with Gasteiger partial charge in [-0.25, -0.2) is 14.6 Å². The highest BCUT2D eigenvalue weighted by Gasteiger charge is 2.15. The summed E-state index contributed by atoms with van der Waals surface area (Å²) in [5.74, 6) is 1.70. The Morgan fingerprint density at radius 3 is 3.00 bits per heavy atom. The second-order valence-electron chi connectivity index (χ2n) is 4.62. The van der Waals surface area contributed by atoms with Crippen molar-refractivity contribution in [3.63, 3.8) is 0 Å². The molecule has 0 unspecified atom stereocenters. The van der Waals surface area contributed by atoms with Crippen molar-refractivity contribution in [2.45, 2.75) is 20.0 Å². The first-order valence-electron chi connectivity index (χ1n) is 6.88. The van der Waals surface area contributed by atoms with Gasteiger partial charge in [0.05, 0.1) is 37.5 Å². The van der Waals surface area contributed by atoms with Crippen molar-refractivity contribution in [1.29, 1.82) is 0 Å². The lowest BCUT2D eigenvalue weighted by Gasteiger charge is -2.21. The predicted molar refractivity (Wildman–Crippen MR) is 77.8 cm³/mol. The van der Waals surface area contributed by atoms with Crippen molar-refractivity contribution in [2.24, 2.45) is 0 Å². The zero-order valence-corrected chi connectivity index (χ0v) is 11.8. The van der Waals surface area contributed by atoms with E-state index in [0.29, 0.717) is 13.1 Å². The van der Waals surface area contributed by atoms with Gasteiger partial charge in [-0.05, 0) is 19.1 Å². The summed E-state index contributed by atoms with van der Waals surface area (Å²) in [7, 11) is 0. The second-order valence-corrected chi connectivity index (χ2v) is 4.62. The van der Waals surface area contributed by atoms with Gasteiger partial charge in [-0.1, -0.05) is 0 Å². The van der Waals surface area contributed by atoms with Gasteiger partial charge in [0.15, 0.2) is 5.65 Å². The van der Waals surface area contributed by atoms with Gasteiger partial charge in [-0.3, -0.25) is 0 Å². The molecule has 0 radical (unpaired) electrons. The van der Waals surface area contributed by atoms with Crippen LogP contribution in [-0.2, 0) is 13.1 Å². The molecule has 7 nitrogen and oxygen atoms in total. The summed E-state index contributed by atoms with van der Waals surface area (Å²) >= 11 is 0. The van der Waals surface area contributed by atoms with Gasteiger partial charge in [0.2, 0.25) is 0 Å². The van der Waals surface area contributed by atoms with Crippen LogP contribution in [0.5, 0.6) is 0 Å². The predicted octanol–water partition coefficient (Wildman–Crippen LogP) is 1.44. The number of aromatic nitrogens is 4. The molecule has 0 aliphatic carbocycles. The number of anilines is 1.